The van der Waals surface area contributed by atoms with E-state index in [4.69, 9.17) is 19.3 Å². The Morgan fingerprint density at radius 1 is 1.07 bits per heavy atom. The molecule has 0 fully saturated rings. The molecule has 0 radical (unpaired) electrons. The number of rotatable bonds is 7. The molecule has 1 N–H and O–H groups in total. The molecule has 2 aliphatic rings. The summed E-state index contributed by atoms with van der Waals surface area (Å²) in [5.74, 6) is 0.488. The molecule has 2 atom stereocenters. The number of pyridine rings is 1. The van der Waals surface area contributed by atoms with Crippen LogP contribution in [0.5, 0.6) is 17.4 Å². The molecular formula is C33H30FNO5. The fraction of sp³-hybridized carbons (Fsp3) is 0.273. The van der Waals surface area contributed by atoms with Gasteiger partial charge in [-0.15, -0.1) is 0 Å². The second kappa shape index (κ2) is 10.3. The van der Waals surface area contributed by atoms with Crippen LogP contribution in [0.2, 0.25) is 0 Å². The highest BCUT2D eigenvalue weighted by Crippen LogP contribution is 2.45. The van der Waals surface area contributed by atoms with E-state index < -0.39 is 12.1 Å². The number of aromatic nitrogens is 1. The van der Waals surface area contributed by atoms with Crippen LogP contribution in [-0.4, -0.2) is 29.8 Å². The maximum Gasteiger partial charge on any atom is 0.304 e. The lowest BCUT2D eigenvalue weighted by Crippen LogP contribution is -2.07. The molecule has 4 aromatic rings. The van der Waals surface area contributed by atoms with Crippen molar-refractivity contribution in [2.45, 2.75) is 45.1 Å². The topological polar surface area (TPSA) is 77.9 Å². The van der Waals surface area contributed by atoms with Crippen molar-refractivity contribution in [2.24, 2.45) is 0 Å². The van der Waals surface area contributed by atoms with Gasteiger partial charge in [0, 0.05) is 35.4 Å². The van der Waals surface area contributed by atoms with E-state index in [1.54, 1.807) is 25.4 Å². The van der Waals surface area contributed by atoms with Gasteiger partial charge < -0.3 is 19.3 Å². The van der Waals surface area contributed by atoms with Crippen LogP contribution >= 0.6 is 0 Å². The number of carboxylic acid groups (broad SMARTS) is 1. The molecule has 6 nitrogen and oxygen atoms in total. The van der Waals surface area contributed by atoms with E-state index in [2.05, 4.69) is 31.0 Å². The molecule has 0 spiro atoms. The number of hydrogen-bond donors (Lipinski definition) is 1. The smallest absolute Gasteiger partial charge is 0.304 e. The Labute approximate surface area is 232 Å². The summed E-state index contributed by atoms with van der Waals surface area (Å²) in [5, 5.41) is 9.16. The van der Waals surface area contributed by atoms with Crippen molar-refractivity contribution in [3.63, 3.8) is 0 Å². The van der Waals surface area contributed by atoms with E-state index in [-0.39, 0.29) is 18.2 Å². The monoisotopic (exact) mass is 539 g/mol. The minimum atomic E-state index is -0.853. The van der Waals surface area contributed by atoms with E-state index in [0.717, 1.165) is 44.5 Å². The molecule has 1 aliphatic carbocycles. The van der Waals surface area contributed by atoms with Crippen LogP contribution < -0.4 is 14.2 Å². The summed E-state index contributed by atoms with van der Waals surface area (Å²) >= 11 is 0. The lowest BCUT2D eigenvalue weighted by atomic mass is 9.88. The van der Waals surface area contributed by atoms with Gasteiger partial charge in [-0.2, -0.15) is 0 Å². The van der Waals surface area contributed by atoms with Gasteiger partial charge in [-0.1, -0.05) is 24.3 Å². The molecule has 7 heteroatoms. The number of ether oxygens (including phenoxy) is 3. The van der Waals surface area contributed by atoms with Crippen LogP contribution in [0.4, 0.5) is 4.39 Å². The van der Waals surface area contributed by atoms with Crippen molar-refractivity contribution in [2.75, 3.05) is 13.7 Å². The Kier molecular flexibility index (Phi) is 6.66. The highest BCUT2D eigenvalue weighted by Gasteiger charge is 2.32. The number of halogens is 1. The van der Waals surface area contributed by atoms with Crippen molar-refractivity contribution in [3.05, 3.63) is 94.4 Å². The zero-order valence-corrected chi connectivity index (χ0v) is 22.7. The predicted octanol–water partition coefficient (Wildman–Crippen LogP) is 7.20. The maximum absolute atomic E-state index is 15.3. The molecule has 204 valence electrons. The zero-order valence-electron chi connectivity index (χ0n) is 22.7. The van der Waals surface area contributed by atoms with Gasteiger partial charge in [0.25, 0.3) is 0 Å². The number of nitrogens with zero attached hydrogens (tertiary/aromatic N) is 1. The third-order valence-electron chi connectivity index (χ3n) is 7.93. The highest BCUT2D eigenvalue weighted by atomic mass is 19.1. The van der Waals surface area contributed by atoms with Crippen LogP contribution in [0, 0.1) is 19.7 Å². The van der Waals surface area contributed by atoms with E-state index in [1.165, 1.54) is 0 Å². The second-order valence-electron chi connectivity index (χ2n) is 10.5. The van der Waals surface area contributed by atoms with Crippen LogP contribution in [-0.2, 0) is 11.2 Å². The molecule has 2 heterocycles. The number of carboxylic acids is 1. The van der Waals surface area contributed by atoms with E-state index in [9.17, 15) is 4.79 Å². The summed E-state index contributed by atoms with van der Waals surface area (Å²) in [5.41, 5.74) is 8.90. The minimum absolute atomic E-state index is 0.0216. The fourth-order valence-corrected chi connectivity index (χ4v) is 6.16. The van der Waals surface area contributed by atoms with Gasteiger partial charge in [0.1, 0.15) is 23.4 Å². The lowest BCUT2D eigenvalue weighted by molar-refractivity contribution is -0.137. The molecule has 0 bridgehead atoms. The summed E-state index contributed by atoms with van der Waals surface area (Å²) in [4.78, 5) is 15.4. The normalized spacial score (nSPS) is 17.2. The number of hydrogen-bond acceptors (Lipinski definition) is 5. The first kappa shape index (κ1) is 25.9. The molecule has 6 rings (SSSR count). The Balaban J connectivity index is 1.31. The van der Waals surface area contributed by atoms with Crippen molar-refractivity contribution in [3.8, 4) is 39.6 Å². The first-order valence-corrected chi connectivity index (χ1v) is 13.4. The van der Waals surface area contributed by atoms with Gasteiger partial charge in [-0.25, -0.2) is 9.37 Å². The maximum atomic E-state index is 15.3. The summed E-state index contributed by atoms with van der Waals surface area (Å²) in [6, 6.07) is 17.1. The number of aryl methyl sites for hydroxylation is 2. The quantitative estimate of drug-likeness (QED) is 0.268. The van der Waals surface area contributed by atoms with Gasteiger partial charge in [-0.3, -0.25) is 4.79 Å². The van der Waals surface area contributed by atoms with Crippen LogP contribution in [0.1, 0.15) is 52.7 Å². The Hall–Kier alpha value is -4.39. The highest BCUT2D eigenvalue weighted by molar-refractivity contribution is 5.80. The summed E-state index contributed by atoms with van der Waals surface area (Å²) < 4.78 is 32.7. The van der Waals surface area contributed by atoms with Gasteiger partial charge in [0.05, 0.1) is 20.1 Å². The average molecular weight is 540 g/mol. The molecule has 40 heavy (non-hydrogen) atoms. The van der Waals surface area contributed by atoms with Crippen molar-refractivity contribution in [1.82, 2.24) is 4.98 Å². The lowest BCUT2D eigenvalue weighted by Gasteiger charge is -2.19. The fourth-order valence-electron chi connectivity index (χ4n) is 6.16. The number of methoxy groups -OCH3 is 1. The molecule has 0 saturated carbocycles. The molecule has 1 aromatic heterocycles. The third-order valence-corrected chi connectivity index (χ3v) is 7.93. The number of aliphatic carboxylic acids is 1. The Morgan fingerprint density at radius 3 is 2.62 bits per heavy atom. The van der Waals surface area contributed by atoms with Gasteiger partial charge in [0.2, 0.25) is 5.88 Å². The van der Waals surface area contributed by atoms with Gasteiger partial charge >= 0.3 is 5.97 Å². The van der Waals surface area contributed by atoms with E-state index in [1.807, 2.05) is 30.3 Å². The molecular weight excluding hydrogens is 509 g/mol. The number of benzene rings is 3. The molecule has 0 unspecified atom stereocenters. The van der Waals surface area contributed by atoms with Crippen LogP contribution in [0.25, 0.3) is 22.3 Å². The Morgan fingerprint density at radius 2 is 1.88 bits per heavy atom. The second-order valence-corrected chi connectivity index (χ2v) is 10.5. The largest absolute Gasteiger partial charge is 0.492 e. The standard InChI is InChI=1S/C33H30FNO5/c1-18-12-21(20-10-11-35-30(14-20)38-3)13-19(2)32(18)25-6-8-27(34)33-26(25)7-9-28(33)40-23-4-5-24-22(15-31(36)37)17-39-29(24)16-23/h4-6,8,10-14,16,22,28H,7,9,15,17H2,1-3H3,(H,36,37)/t22-,28-/m1/s1. The molecule has 0 saturated heterocycles. The van der Waals surface area contributed by atoms with Crippen LogP contribution in [0.15, 0.2) is 60.8 Å². The molecule has 0 amide bonds. The first-order valence-electron chi connectivity index (χ1n) is 13.4. The van der Waals surface area contributed by atoms with Crippen molar-refractivity contribution < 1.29 is 28.5 Å². The van der Waals surface area contributed by atoms with Gasteiger partial charge in [-0.05, 0) is 83.8 Å². The summed E-state index contributed by atoms with van der Waals surface area (Å²) in [7, 11) is 1.60. The first-order chi connectivity index (χ1) is 19.3. The zero-order chi connectivity index (χ0) is 28.0. The Bertz CT molecular complexity index is 1610. The van der Waals surface area contributed by atoms with Gasteiger partial charge in [0.15, 0.2) is 0 Å². The molecule has 3 aromatic carbocycles. The SMILES string of the molecule is COc1cc(-c2cc(C)c(-c3ccc(F)c4c3CC[C@H]4Oc3ccc4c(c3)OC[C@H]4CC(=O)O)c(C)c2)ccn1. The van der Waals surface area contributed by atoms with Crippen LogP contribution in [0.3, 0.4) is 0 Å². The van der Waals surface area contributed by atoms with Crippen molar-refractivity contribution in [1.29, 1.82) is 0 Å². The minimum Gasteiger partial charge on any atom is -0.492 e. The van der Waals surface area contributed by atoms with E-state index in [0.29, 0.717) is 42.4 Å². The average Bonchev–Trinajstić information content (AvgIpc) is 3.54. The number of fused-ring (bicyclic) bond motifs is 2. The molecule has 1 aliphatic heterocycles. The third kappa shape index (κ3) is 4.66. The van der Waals surface area contributed by atoms with Crippen molar-refractivity contribution >= 4 is 5.97 Å². The van der Waals surface area contributed by atoms with E-state index >= 15 is 4.39 Å². The summed E-state index contributed by atoms with van der Waals surface area (Å²) in [6.45, 7) is 4.51. The predicted molar refractivity (Wildman–Crippen MR) is 150 cm³/mol. The number of carbonyl (C=O) groups is 1. The summed E-state index contributed by atoms with van der Waals surface area (Å²) in [6.07, 6.45) is 2.70.